The van der Waals surface area contributed by atoms with Crippen LogP contribution < -0.4 is 0 Å². The molecule has 1 atom stereocenters. The number of carbonyl (C=O) groups is 2. The summed E-state index contributed by atoms with van der Waals surface area (Å²) in [4.78, 5) is 23.5. The number of rotatable bonds is 6. The highest BCUT2D eigenvalue weighted by atomic mass is 35.5. The topological polar surface area (TPSA) is 57.6 Å². The van der Waals surface area contributed by atoms with E-state index in [4.69, 9.17) is 23.2 Å². The largest absolute Gasteiger partial charge is 0.479 e. The van der Waals surface area contributed by atoms with E-state index in [9.17, 15) is 14.7 Å². The van der Waals surface area contributed by atoms with Crippen LogP contribution in [0.4, 0.5) is 0 Å². The summed E-state index contributed by atoms with van der Waals surface area (Å²) < 4.78 is 0. The molecule has 0 radical (unpaired) electrons. The molecule has 0 bridgehead atoms. The van der Waals surface area contributed by atoms with Gasteiger partial charge in [-0.15, -0.1) is 0 Å². The lowest BCUT2D eigenvalue weighted by Gasteiger charge is -2.25. The molecule has 6 heteroatoms. The van der Waals surface area contributed by atoms with Crippen molar-refractivity contribution in [2.45, 2.75) is 19.4 Å². The van der Waals surface area contributed by atoms with Gasteiger partial charge in [0, 0.05) is 12.1 Å². The zero-order chi connectivity index (χ0) is 13.7. The first-order chi connectivity index (χ1) is 8.52. The summed E-state index contributed by atoms with van der Waals surface area (Å²) in [6.07, 6.45) is 1.17. The molecule has 98 valence electrons. The number of aliphatic carboxylic acids is 1. The Bertz CT molecular complexity index is 451. The van der Waals surface area contributed by atoms with Crippen LogP contribution in [0.3, 0.4) is 0 Å². The van der Waals surface area contributed by atoms with E-state index in [-0.39, 0.29) is 10.0 Å². The average Bonchev–Trinajstić information content (AvgIpc) is 2.33. The molecule has 0 saturated heterocycles. The number of hydrogen-bond acceptors (Lipinski definition) is 2. The van der Waals surface area contributed by atoms with Crippen molar-refractivity contribution in [1.29, 1.82) is 0 Å². The van der Waals surface area contributed by atoms with Crippen molar-refractivity contribution in [1.82, 2.24) is 4.90 Å². The minimum absolute atomic E-state index is 0.162. The van der Waals surface area contributed by atoms with Gasteiger partial charge in [-0.25, -0.2) is 4.79 Å². The summed E-state index contributed by atoms with van der Waals surface area (Å²) in [5.41, 5.74) is 0.317. The molecule has 0 aliphatic carbocycles. The van der Waals surface area contributed by atoms with Gasteiger partial charge in [-0.1, -0.05) is 42.3 Å². The first-order valence-corrected chi connectivity index (χ1v) is 6.16. The lowest BCUT2D eigenvalue weighted by Crippen LogP contribution is -2.33. The number of halogens is 2. The third-order valence-electron chi connectivity index (χ3n) is 2.46. The Kier molecular flexibility index (Phi) is 5.44. The van der Waals surface area contributed by atoms with Crippen molar-refractivity contribution in [2.75, 3.05) is 6.54 Å². The van der Waals surface area contributed by atoms with Crippen LogP contribution in [0.5, 0.6) is 0 Å². The fourth-order valence-corrected chi connectivity index (χ4v) is 2.10. The molecule has 0 spiro atoms. The summed E-state index contributed by atoms with van der Waals surface area (Å²) in [6, 6.07) is 3.61. The Hall–Kier alpha value is -1.26. The fourth-order valence-electron chi connectivity index (χ4n) is 1.69. The molecule has 1 aromatic carbocycles. The Morgan fingerprint density at radius 3 is 2.67 bits per heavy atom. The van der Waals surface area contributed by atoms with Crippen LogP contribution in [0.2, 0.25) is 10.0 Å². The lowest BCUT2D eigenvalue weighted by molar-refractivity contribution is -0.146. The average molecular weight is 290 g/mol. The van der Waals surface area contributed by atoms with Crippen LogP contribution >= 0.6 is 23.2 Å². The molecular formula is C12H13Cl2NO3. The van der Waals surface area contributed by atoms with E-state index in [0.717, 1.165) is 0 Å². The van der Waals surface area contributed by atoms with Gasteiger partial charge in [-0.2, -0.15) is 0 Å². The number of benzene rings is 1. The van der Waals surface area contributed by atoms with Crippen LogP contribution in [0.15, 0.2) is 18.2 Å². The third kappa shape index (κ3) is 3.15. The minimum atomic E-state index is -1.14. The van der Waals surface area contributed by atoms with Gasteiger partial charge in [0.15, 0.2) is 6.04 Å². The molecule has 1 aromatic rings. The Morgan fingerprint density at radius 1 is 1.50 bits per heavy atom. The molecule has 0 fully saturated rings. The van der Waals surface area contributed by atoms with Crippen LogP contribution in [-0.2, 0) is 9.59 Å². The number of hydrogen-bond donors (Lipinski definition) is 1. The lowest BCUT2D eigenvalue weighted by atomic mass is 10.1. The Labute approximate surface area is 115 Å². The second kappa shape index (κ2) is 6.61. The van der Waals surface area contributed by atoms with E-state index >= 15 is 0 Å². The van der Waals surface area contributed by atoms with Crippen molar-refractivity contribution in [3.63, 3.8) is 0 Å². The molecule has 4 nitrogen and oxygen atoms in total. The van der Waals surface area contributed by atoms with Crippen LogP contribution in [0.1, 0.15) is 24.9 Å². The van der Waals surface area contributed by atoms with Crippen LogP contribution in [0.25, 0.3) is 0 Å². The number of carbonyl (C=O) groups excluding carboxylic acids is 1. The zero-order valence-corrected chi connectivity index (χ0v) is 11.3. The predicted molar refractivity (Wildman–Crippen MR) is 69.9 cm³/mol. The fraction of sp³-hybridized carbons (Fsp3) is 0.333. The first-order valence-electron chi connectivity index (χ1n) is 5.40. The third-order valence-corrected chi connectivity index (χ3v) is 3.29. The van der Waals surface area contributed by atoms with Gasteiger partial charge >= 0.3 is 5.97 Å². The standard InChI is InChI=1S/C12H13Cl2NO3/c1-2-6-15(7-16)11(12(17)18)8-4-3-5-9(13)10(8)14/h3-5,7,11H,2,6H2,1H3,(H,17,18). The smallest absolute Gasteiger partial charge is 0.331 e. The summed E-state index contributed by atoms with van der Waals surface area (Å²) >= 11 is 11.9. The molecule has 0 aromatic heterocycles. The SMILES string of the molecule is CCCN(C=O)C(C(=O)O)c1cccc(Cl)c1Cl. The highest BCUT2D eigenvalue weighted by molar-refractivity contribution is 6.42. The molecule has 0 aliphatic heterocycles. The summed E-state index contributed by atoms with van der Waals surface area (Å²) in [7, 11) is 0. The van der Waals surface area contributed by atoms with E-state index in [1.54, 1.807) is 18.2 Å². The maximum Gasteiger partial charge on any atom is 0.331 e. The van der Waals surface area contributed by atoms with Crippen molar-refractivity contribution >= 4 is 35.6 Å². The highest BCUT2D eigenvalue weighted by Gasteiger charge is 2.28. The van der Waals surface area contributed by atoms with E-state index in [1.807, 2.05) is 6.92 Å². The molecular weight excluding hydrogens is 277 g/mol. The Balaban J connectivity index is 3.23. The van der Waals surface area contributed by atoms with E-state index in [1.165, 1.54) is 4.90 Å². The van der Waals surface area contributed by atoms with Gasteiger partial charge in [0.2, 0.25) is 6.41 Å². The number of nitrogens with zero attached hydrogens (tertiary/aromatic N) is 1. The quantitative estimate of drug-likeness (QED) is 0.819. The summed E-state index contributed by atoms with van der Waals surface area (Å²) in [5.74, 6) is -1.14. The molecule has 1 unspecified atom stereocenters. The monoisotopic (exact) mass is 289 g/mol. The van der Waals surface area contributed by atoms with Crippen LogP contribution in [0, 0.1) is 0 Å². The molecule has 1 rings (SSSR count). The van der Waals surface area contributed by atoms with E-state index in [0.29, 0.717) is 24.9 Å². The first kappa shape index (κ1) is 14.8. The van der Waals surface area contributed by atoms with Gasteiger partial charge < -0.3 is 10.0 Å². The second-order valence-corrected chi connectivity index (χ2v) is 4.51. The van der Waals surface area contributed by atoms with Crippen molar-refractivity contribution < 1.29 is 14.7 Å². The van der Waals surface area contributed by atoms with Gasteiger partial charge in [0.05, 0.1) is 10.0 Å². The highest BCUT2D eigenvalue weighted by Crippen LogP contribution is 2.32. The zero-order valence-electron chi connectivity index (χ0n) is 9.77. The maximum absolute atomic E-state index is 11.3. The van der Waals surface area contributed by atoms with Gasteiger partial charge in [-0.3, -0.25) is 4.79 Å². The molecule has 0 heterocycles. The van der Waals surface area contributed by atoms with Crippen molar-refractivity contribution in [3.8, 4) is 0 Å². The van der Waals surface area contributed by atoms with Crippen molar-refractivity contribution in [3.05, 3.63) is 33.8 Å². The molecule has 1 N–H and O–H groups in total. The molecule has 18 heavy (non-hydrogen) atoms. The van der Waals surface area contributed by atoms with E-state index < -0.39 is 12.0 Å². The number of amides is 1. The molecule has 0 saturated carbocycles. The second-order valence-electron chi connectivity index (χ2n) is 3.73. The minimum Gasteiger partial charge on any atom is -0.479 e. The molecule has 0 aliphatic rings. The number of carboxylic acids is 1. The summed E-state index contributed by atoms with van der Waals surface area (Å²) in [5, 5.41) is 9.70. The predicted octanol–water partition coefficient (Wildman–Crippen LogP) is 2.99. The maximum atomic E-state index is 11.3. The van der Waals surface area contributed by atoms with Gasteiger partial charge in [0.1, 0.15) is 0 Å². The molecule has 1 amide bonds. The van der Waals surface area contributed by atoms with Crippen molar-refractivity contribution in [2.24, 2.45) is 0 Å². The number of carboxylic acid groups (broad SMARTS) is 1. The van der Waals surface area contributed by atoms with Gasteiger partial charge in [-0.05, 0) is 12.5 Å². The van der Waals surface area contributed by atoms with Crippen LogP contribution in [-0.4, -0.2) is 28.9 Å². The Morgan fingerprint density at radius 2 is 2.17 bits per heavy atom. The van der Waals surface area contributed by atoms with Gasteiger partial charge in [0.25, 0.3) is 0 Å². The van der Waals surface area contributed by atoms with E-state index in [2.05, 4.69) is 0 Å². The summed E-state index contributed by atoms with van der Waals surface area (Å²) in [6.45, 7) is 2.19. The normalized spacial score (nSPS) is 11.9.